The Bertz CT molecular complexity index is 571. The second-order valence-corrected chi connectivity index (χ2v) is 3.09. The van der Waals surface area contributed by atoms with E-state index in [1.807, 2.05) is 0 Å². The van der Waals surface area contributed by atoms with Gasteiger partial charge >= 0.3 is 5.97 Å². The van der Waals surface area contributed by atoms with E-state index in [1.54, 1.807) is 0 Å². The minimum Gasteiger partial charge on any atom is -0.477 e. The molecule has 0 saturated carbocycles. The first-order valence-corrected chi connectivity index (χ1v) is 4.10. The number of anilines is 1. The third-order valence-corrected chi connectivity index (χ3v) is 1.97. The van der Waals surface area contributed by atoms with E-state index in [0.29, 0.717) is 16.9 Å². The van der Waals surface area contributed by atoms with Crippen LogP contribution in [0.15, 0.2) is 6.07 Å². The maximum Gasteiger partial charge on any atom is 0.352 e. The van der Waals surface area contributed by atoms with Gasteiger partial charge in [0.25, 0.3) is 0 Å². The van der Waals surface area contributed by atoms with Gasteiger partial charge in [-0.15, -0.1) is 0 Å². The van der Waals surface area contributed by atoms with E-state index < -0.39 is 5.97 Å². The molecule has 0 fully saturated rings. The zero-order valence-corrected chi connectivity index (χ0v) is 7.68. The van der Waals surface area contributed by atoms with Crippen LogP contribution < -0.4 is 5.73 Å². The summed E-state index contributed by atoms with van der Waals surface area (Å²) < 4.78 is 0.216. The molecule has 2 heterocycles. The minimum atomic E-state index is -1.06. The van der Waals surface area contributed by atoms with Crippen molar-refractivity contribution in [2.75, 3.05) is 5.73 Å². The number of nitrogen functional groups attached to an aromatic ring is 1. The number of aromatic carboxylic acids is 1. The van der Waals surface area contributed by atoms with E-state index in [2.05, 4.69) is 15.0 Å². The van der Waals surface area contributed by atoms with Crippen molar-refractivity contribution in [2.45, 2.75) is 0 Å². The van der Waals surface area contributed by atoms with Gasteiger partial charge in [0.1, 0.15) is 17.2 Å². The topological polar surface area (TPSA) is 108 Å². The first-order chi connectivity index (χ1) is 6.58. The summed E-state index contributed by atoms with van der Waals surface area (Å²) in [4.78, 5) is 19.8. The number of nitrogens with one attached hydrogen (secondary N) is 2. The van der Waals surface area contributed by atoms with E-state index >= 15 is 0 Å². The van der Waals surface area contributed by atoms with Gasteiger partial charge in [-0.3, -0.25) is 0 Å². The average molecular weight is 210 g/mol. The zero-order valence-electron chi connectivity index (χ0n) is 6.87. The number of rotatable bonds is 1. The fourth-order valence-corrected chi connectivity index (χ4v) is 1.37. The monoisotopic (exact) mass is 210 g/mol. The molecule has 7 heteroatoms. The molecule has 0 saturated heterocycles. The van der Waals surface area contributed by atoms with Crippen molar-refractivity contribution in [1.82, 2.24) is 15.0 Å². The molecule has 6 nitrogen and oxygen atoms in total. The number of nitrogens with two attached hydrogens (primary N) is 1. The molecule has 0 radical (unpaired) electrons. The van der Waals surface area contributed by atoms with Gasteiger partial charge in [0.2, 0.25) is 0 Å². The first-order valence-electron chi connectivity index (χ1n) is 3.70. The highest BCUT2D eigenvalue weighted by Gasteiger charge is 2.10. The Morgan fingerprint density at radius 1 is 1.57 bits per heavy atom. The molecule has 0 aromatic carbocycles. The average Bonchev–Trinajstić information content (AvgIpc) is 2.47. The predicted octanol–water partition coefficient (Wildman–Crippen LogP) is 0.901. The van der Waals surface area contributed by atoms with Crippen molar-refractivity contribution in [3.63, 3.8) is 0 Å². The molecular formula is C7H6N4O2S. The number of carboxylic acid groups (broad SMARTS) is 1. The second kappa shape index (κ2) is 2.81. The molecule has 0 aliphatic carbocycles. The van der Waals surface area contributed by atoms with Crippen LogP contribution >= 0.6 is 12.2 Å². The number of hydrogen-bond acceptors (Lipinski definition) is 4. The lowest BCUT2D eigenvalue weighted by Crippen LogP contribution is -1.95. The van der Waals surface area contributed by atoms with E-state index in [4.69, 9.17) is 23.1 Å². The van der Waals surface area contributed by atoms with Crippen LogP contribution in [0.5, 0.6) is 0 Å². The van der Waals surface area contributed by atoms with Gasteiger partial charge in [-0.1, -0.05) is 0 Å². The Kier molecular flexibility index (Phi) is 1.74. The van der Waals surface area contributed by atoms with Crippen LogP contribution in [0.3, 0.4) is 0 Å². The number of aromatic amines is 2. The van der Waals surface area contributed by atoms with Crippen molar-refractivity contribution in [1.29, 1.82) is 0 Å². The van der Waals surface area contributed by atoms with E-state index in [0.717, 1.165) is 0 Å². The number of carbonyl (C=O) groups is 1. The molecule has 2 aromatic rings. The highest BCUT2D eigenvalue weighted by molar-refractivity contribution is 7.71. The smallest absolute Gasteiger partial charge is 0.352 e. The Balaban J connectivity index is 2.83. The number of nitrogens with zero attached hydrogens (tertiary/aromatic N) is 1. The number of H-pyrrole nitrogens is 2. The van der Waals surface area contributed by atoms with Gasteiger partial charge in [0.15, 0.2) is 4.77 Å². The van der Waals surface area contributed by atoms with Gasteiger partial charge < -0.3 is 20.8 Å². The van der Waals surface area contributed by atoms with Crippen LogP contribution in [0.25, 0.3) is 11.0 Å². The first kappa shape index (κ1) is 8.70. The quantitative estimate of drug-likeness (QED) is 0.523. The van der Waals surface area contributed by atoms with Crippen LogP contribution in [0.2, 0.25) is 0 Å². The molecule has 72 valence electrons. The predicted molar refractivity (Wildman–Crippen MR) is 52.7 cm³/mol. The summed E-state index contributed by atoms with van der Waals surface area (Å²) in [5.74, 6) is -0.753. The number of fused-ring (bicyclic) bond motifs is 1. The molecule has 0 aliphatic rings. The van der Waals surface area contributed by atoms with Crippen LogP contribution in [0.4, 0.5) is 5.82 Å². The summed E-state index contributed by atoms with van der Waals surface area (Å²) in [6.07, 6.45) is 0. The fourth-order valence-electron chi connectivity index (χ4n) is 1.16. The largest absolute Gasteiger partial charge is 0.477 e. The molecule has 5 N–H and O–H groups in total. The number of aromatic nitrogens is 3. The maximum atomic E-state index is 10.6. The van der Waals surface area contributed by atoms with Crippen molar-refractivity contribution in [2.24, 2.45) is 0 Å². The number of carboxylic acids is 1. The SMILES string of the molecule is Nc1[nH]c(=S)nc2[nH]c(C(=O)O)cc12. The van der Waals surface area contributed by atoms with Crippen molar-refractivity contribution in [3.8, 4) is 0 Å². The highest BCUT2D eigenvalue weighted by atomic mass is 32.1. The molecule has 14 heavy (non-hydrogen) atoms. The molecular weight excluding hydrogens is 204 g/mol. The Morgan fingerprint density at radius 3 is 2.93 bits per heavy atom. The lowest BCUT2D eigenvalue weighted by Gasteiger charge is -1.93. The van der Waals surface area contributed by atoms with Crippen LogP contribution in [-0.2, 0) is 0 Å². The second-order valence-electron chi connectivity index (χ2n) is 2.71. The van der Waals surface area contributed by atoms with Gasteiger partial charge in [-0.2, -0.15) is 0 Å². The third kappa shape index (κ3) is 1.23. The van der Waals surface area contributed by atoms with Gasteiger partial charge in [0, 0.05) is 0 Å². The maximum absolute atomic E-state index is 10.6. The Labute approximate surface area is 82.8 Å². The van der Waals surface area contributed by atoms with Gasteiger partial charge in [-0.25, -0.2) is 9.78 Å². The molecule has 2 rings (SSSR count). The van der Waals surface area contributed by atoms with Crippen LogP contribution in [0, 0.1) is 4.77 Å². The molecule has 2 aromatic heterocycles. The fraction of sp³-hybridized carbons (Fsp3) is 0. The lowest BCUT2D eigenvalue weighted by molar-refractivity contribution is 0.0691. The summed E-state index contributed by atoms with van der Waals surface area (Å²) in [6.45, 7) is 0. The van der Waals surface area contributed by atoms with E-state index in [9.17, 15) is 4.79 Å². The highest BCUT2D eigenvalue weighted by Crippen LogP contribution is 2.17. The van der Waals surface area contributed by atoms with E-state index in [-0.39, 0.29) is 10.5 Å². The lowest BCUT2D eigenvalue weighted by atomic mass is 10.3. The normalized spacial score (nSPS) is 10.6. The molecule has 0 spiro atoms. The van der Waals surface area contributed by atoms with Gasteiger partial charge in [-0.05, 0) is 18.3 Å². The summed E-state index contributed by atoms with van der Waals surface area (Å²) in [5, 5.41) is 9.23. The Hall–Kier alpha value is -1.89. The van der Waals surface area contributed by atoms with Crippen molar-refractivity contribution >= 4 is 35.0 Å². The third-order valence-electron chi connectivity index (χ3n) is 1.77. The minimum absolute atomic E-state index is 0.0354. The number of hydrogen-bond donors (Lipinski definition) is 4. The van der Waals surface area contributed by atoms with Crippen molar-refractivity contribution < 1.29 is 9.90 Å². The zero-order chi connectivity index (χ0) is 10.3. The summed E-state index contributed by atoms with van der Waals surface area (Å²) >= 11 is 4.79. The summed E-state index contributed by atoms with van der Waals surface area (Å²) in [6, 6.07) is 1.41. The molecule has 0 atom stereocenters. The standard InChI is InChI=1S/C7H6N4O2S/c8-4-2-1-3(6(12)13)9-5(2)11-7(14)10-4/h1H,(H,12,13)(H4,8,9,10,11,14). The van der Waals surface area contributed by atoms with E-state index in [1.165, 1.54) is 6.07 Å². The summed E-state index contributed by atoms with van der Waals surface area (Å²) in [5.41, 5.74) is 6.01. The molecule has 0 bridgehead atoms. The Morgan fingerprint density at radius 2 is 2.29 bits per heavy atom. The summed E-state index contributed by atoms with van der Waals surface area (Å²) in [7, 11) is 0. The van der Waals surface area contributed by atoms with Crippen molar-refractivity contribution in [3.05, 3.63) is 16.5 Å². The van der Waals surface area contributed by atoms with Crippen LogP contribution in [0.1, 0.15) is 10.5 Å². The molecule has 0 amide bonds. The molecule has 0 unspecified atom stereocenters. The van der Waals surface area contributed by atoms with Crippen LogP contribution in [-0.4, -0.2) is 26.0 Å². The van der Waals surface area contributed by atoms with Gasteiger partial charge in [0.05, 0.1) is 5.39 Å². The molecule has 0 aliphatic heterocycles.